The SMILES string of the molecule is CCc1oc2ccccc2c1CN(C)C(=O)Nc1cccc(N2CCCCC2=O)c1. The van der Waals surface area contributed by atoms with Crippen molar-refractivity contribution in [2.75, 3.05) is 23.8 Å². The molecule has 3 aromatic rings. The number of carbonyl (C=O) groups is 2. The smallest absolute Gasteiger partial charge is 0.321 e. The summed E-state index contributed by atoms with van der Waals surface area (Å²) in [4.78, 5) is 28.5. The minimum atomic E-state index is -0.204. The number of urea groups is 1. The zero-order chi connectivity index (χ0) is 21.1. The van der Waals surface area contributed by atoms with Crippen LogP contribution in [0.5, 0.6) is 0 Å². The van der Waals surface area contributed by atoms with E-state index in [2.05, 4.69) is 12.2 Å². The number of piperidine rings is 1. The highest BCUT2D eigenvalue weighted by Crippen LogP contribution is 2.28. The lowest BCUT2D eigenvalue weighted by molar-refractivity contribution is -0.119. The standard InChI is InChI=1S/C24H27N3O3/c1-3-21-20(19-11-4-5-12-22(19)30-21)16-26(2)24(29)25-17-9-8-10-18(15-17)27-14-7-6-13-23(27)28/h4-5,8-12,15H,3,6-7,13-14,16H2,1-2H3,(H,25,29). The molecule has 156 valence electrons. The molecule has 6 nitrogen and oxygen atoms in total. The molecule has 1 fully saturated rings. The molecule has 0 spiro atoms. The molecule has 0 aliphatic carbocycles. The van der Waals surface area contributed by atoms with Crippen LogP contribution in [0, 0.1) is 0 Å². The molecule has 1 N–H and O–H groups in total. The van der Waals surface area contributed by atoms with Crippen molar-refractivity contribution in [3.05, 3.63) is 59.9 Å². The van der Waals surface area contributed by atoms with E-state index in [1.807, 2.05) is 48.5 Å². The molecule has 6 heteroatoms. The summed E-state index contributed by atoms with van der Waals surface area (Å²) < 4.78 is 5.94. The maximum atomic E-state index is 12.8. The summed E-state index contributed by atoms with van der Waals surface area (Å²) in [6.45, 7) is 3.23. The Labute approximate surface area is 176 Å². The van der Waals surface area contributed by atoms with Gasteiger partial charge in [0.25, 0.3) is 0 Å². The summed E-state index contributed by atoms with van der Waals surface area (Å²) in [5, 5.41) is 3.99. The van der Waals surface area contributed by atoms with Gasteiger partial charge in [0.2, 0.25) is 5.91 Å². The first kappa shape index (κ1) is 20.0. The van der Waals surface area contributed by atoms with Crippen LogP contribution in [-0.2, 0) is 17.8 Å². The van der Waals surface area contributed by atoms with Crippen LogP contribution < -0.4 is 10.2 Å². The minimum Gasteiger partial charge on any atom is -0.461 e. The Morgan fingerprint density at radius 2 is 2.00 bits per heavy atom. The molecule has 2 aromatic carbocycles. The van der Waals surface area contributed by atoms with Crippen molar-refractivity contribution in [2.45, 2.75) is 39.2 Å². The largest absolute Gasteiger partial charge is 0.461 e. The fourth-order valence-corrected chi connectivity index (χ4v) is 3.97. The zero-order valence-corrected chi connectivity index (χ0v) is 17.5. The van der Waals surface area contributed by atoms with Gasteiger partial charge in [-0.1, -0.05) is 31.2 Å². The zero-order valence-electron chi connectivity index (χ0n) is 17.5. The van der Waals surface area contributed by atoms with Crippen LogP contribution in [0.15, 0.2) is 52.9 Å². The third-order valence-electron chi connectivity index (χ3n) is 5.58. The molecule has 1 aliphatic heterocycles. The molecular weight excluding hydrogens is 378 g/mol. The van der Waals surface area contributed by atoms with Crippen LogP contribution in [0.4, 0.5) is 16.2 Å². The molecule has 3 amide bonds. The van der Waals surface area contributed by atoms with E-state index in [9.17, 15) is 9.59 Å². The van der Waals surface area contributed by atoms with E-state index >= 15 is 0 Å². The Morgan fingerprint density at radius 3 is 2.80 bits per heavy atom. The number of aryl methyl sites for hydroxylation is 1. The second-order valence-electron chi connectivity index (χ2n) is 7.69. The quantitative estimate of drug-likeness (QED) is 0.636. The summed E-state index contributed by atoms with van der Waals surface area (Å²) in [7, 11) is 1.77. The van der Waals surface area contributed by atoms with E-state index in [1.165, 1.54) is 0 Å². The lowest BCUT2D eigenvalue weighted by Gasteiger charge is -2.27. The normalized spacial score (nSPS) is 14.2. The first-order chi connectivity index (χ1) is 14.6. The highest BCUT2D eigenvalue weighted by molar-refractivity contribution is 5.96. The summed E-state index contributed by atoms with van der Waals surface area (Å²) >= 11 is 0. The van der Waals surface area contributed by atoms with Crippen molar-refractivity contribution >= 4 is 34.3 Å². The number of anilines is 2. The van der Waals surface area contributed by atoms with Crippen LogP contribution in [0.3, 0.4) is 0 Å². The van der Waals surface area contributed by atoms with Crippen molar-refractivity contribution in [3.63, 3.8) is 0 Å². The Morgan fingerprint density at radius 1 is 1.17 bits per heavy atom. The number of fused-ring (bicyclic) bond motifs is 1. The van der Waals surface area contributed by atoms with Crippen molar-refractivity contribution < 1.29 is 14.0 Å². The number of nitrogens with zero attached hydrogens (tertiary/aromatic N) is 2. The van der Waals surface area contributed by atoms with Gasteiger partial charge in [0.1, 0.15) is 11.3 Å². The second-order valence-corrected chi connectivity index (χ2v) is 7.69. The maximum absolute atomic E-state index is 12.8. The number of amides is 3. The first-order valence-electron chi connectivity index (χ1n) is 10.5. The number of carbonyl (C=O) groups excluding carboxylic acids is 2. The van der Waals surface area contributed by atoms with Crippen molar-refractivity contribution in [3.8, 4) is 0 Å². The molecule has 0 saturated carbocycles. The number of rotatable bonds is 5. The van der Waals surface area contributed by atoms with Gasteiger partial charge in [-0.15, -0.1) is 0 Å². The van der Waals surface area contributed by atoms with Crippen molar-refractivity contribution in [2.24, 2.45) is 0 Å². The van der Waals surface area contributed by atoms with E-state index < -0.39 is 0 Å². The number of nitrogens with one attached hydrogen (secondary N) is 1. The highest BCUT2D eigenvalue weighted by Gasteiger charge is 2.21. The Hall–Kier alpha value is -3.28. The van der Waals surface area contributed by atoms with E-state index in [1.54, 1.807) is 16.8 Å². The lowest BCUT2D eigenvalue weighted by Crippen LogP contribution is -2.35. The van der Waals surface area contributed by atoms with Gasteiger partial charge in [-0.05, 0) is 37.1 Å². The Kier molecular flexibility index (Phi) is 5.74. The van der Waals surface area contributed by atoms with E-state index in [-0.39, 0.29) is 11.9 Å². The van der Waals surface area contributed by atoms with Gasteiger partial charge < -0.3 is 19.5 Å². The second kappa shape index (κ2) is 8.61. The molecule has 1 aliphatic rings. The predicted molar refractivity (Wildman–Crippen MR) is 119 cm³/mol. The van der Waals surface area contributed by atoms with Gasteiger partial charge in [0.05, 0.1) is 6.54 Å². The number of furan rings is 1. The van der Waals surface area contributed by atoms with Crippen LogP contribution in [0.1, 0.15) is 37.5 Å². The van der Waals surface area contributed by atoms with Crippen LogP contribution in [0.25, 0.3) is 11.0 Å². The fraction of sp³-hybridized carbons (Fsp3) is 0.333. The fourth-order valence-electron chi connectivity index (χ4n) is 3.97. The van der Waals surface area contributed by atoms with E-state index in [4.69, 9.17) is 4.42 Å². The number of hydrogen-bond donors (Lipinski definition) is 1. The Balaban J connectivity index is 1.48. The average Bonchev–Trinajstić information content (AvgIpc) is 3.12. The lowest BCUT2D eigenvalue weighted by atomic mass is 10.1. The minimum absolute atomic E-state index is 0.140. The van der Waals surface area contributed by atoms with Crippen LogP contribution >= 0.6 is 0 Å². The van der Waals surface area contributed by atoms with Crippen LogP contribution in [0.2, 0.25) is 0 Å². The topological polar surface area (TPSA) is 65.8 Å². The summed E-state index contributed by atoms with van der Waals surface area (Å²) in [6, 6.07) is 15.2. The number of benzene rings is 2. The van der Waals surface area contributed by atoms with Crippen molar-refractivity contribution in [1.29, 1.82) is 0 Å². The third kappa shape index (κ3) is 4.03. The molecule has 2 heterocycles. The molecule has 1 saturated heterocycles. The summed E-state index contributed by atoms with van der Waals surface area (Å²) in [5.74, 6) is 1.04. The van der Waals surface area contributed by atoms with Gasteiger partial charge in [0.15, 0.2) is 0 Å². The van der Waals surface area contributed by atoms with E-state index in [0.717, 1.165) is 53.8 Å². The predicted octanol–water partition coefficient (Wildman–Crippen LogP) is 5.18. The molecule has 4 rings (SSSR count). The number of hydrogen-bond acceptors (Lipinski definition) is 3. The average molecular weight is 405 g/mol. The van der Waals surface area contributed by atoms with Crippen molar-refractivity contribution in [1.82, 2.24) is 4.90 Å². The molecule has 0 radical (unpaired) electrons. The first-order valence-corrected chi connectivity index (χ1v) is 10.5. The van der Waals surface area contributed by atoms with Gasteiger partial charge in [0, 0.05) is 48.8 Å². The third-order valence-corrected chi connectivity index (χ3v) is 5.58. The molecule has 30 heavy (non-hydrogen) atoms. The number of para-hydroxylation sites is 1. The van der Waals surface area contributed by atoms with Gasteiger partial charge in [-0.2, -0.15) is 0 Å². The maximum Gasteiger partial charge on any atom is 0.321 e. The molecule has 0 unspecified atom stereocenters. The summed E-state index contributed by atoms with van der Waals surface area (Å²) in [5.41, 5.74) is 3.39. The van der Waals surface area contributed by atoms with Gasteiger partial charge in [-0.3, -0.25) is 4.79 Å². The molecule has 1 aromatic heterocycles. The van der Waals surface area contributed by atoms with Gasteiger partial charge >= 0.3 is 6.03 Å². The van der Waals surface area contributed by atoms with Gasteiger partial charge in [-0.25, -0.2) is 4.79 Å². The summed E-state index contributed by atoms with van der Waals surface area (Å²) in [6.07, 6.45) is 3.30. The molecular formula is C24H27N3O3. The van der Waals surface area contributed by atoms with Crippen LogP contribution in [-0.4, -0.2) is 30.4 Å². The monoisotopic (exact) mass is 405 g/mol. The molecule has 0 atom stereocenters. The highest BCUT2D eigenvalue weighted by atomic mass is 16.3. The Bertz CT molecular complexity index is 1070. The molecule has 0 bridgehead atoms. The van der Waals surface area contributed by atoms with E-state index in [0.29, 0.717) is 18.7 Å².